The number of carbonyl (C=O) groups is 1. The predicted molar refractivity (Wildman–Crippen MR) is 118 cm³/mol. The van der Waals surface area contributed by atoms with Gasteiger partial charge in [-0.1, -0.05) is 35.9 Å². The Balaban J connectivity index is 1.53. The number of hydrogen-bond donors (Lipinski definition) is 0. The van der Waals surface area contributed by atoms with Crippen LogP contribution in [0.4, 0.5) is 0 Å². The quantitative estimate of drug-likeness (QED) is 0.444. The summed E-state index contributed by atoms with van der Waals surface area (Å²) in [5.74, 6) is -0.508. The molecule has 0 bridgehead atoms. The fourth-order valence-corrected chi connectivity index (χ4v) is 3.67. The van der Waals surface area contributed by atoms with Gasteiger partial charge in [0.25, 0.3) is 5.56 Å². The maximum Gasteiger partial charge on any atom is 0.342 e. The number of halogens is 1. The molecule has 0 saturated heterocycles. The van der Waals surface area contributed by atoms with E-state index < -0.39 is 5.97 Å². The highest BCUT2D eigenvalue weighted by Crippen LogP contribution is 2.20. The van der Waals surface area contributed by atoms with Gasteiger partial charge in [-0.25, -0.2) is 9.78 Å². The third-order valence-electron chi connectivity index (χ3n) is 5.08. The summed E-state index contributed by atoms with van der Waals surface area (Å²) in [6.45, 7) is 5.82. The lowest BCUT2D eigenvalue weighted by Crippen LogP contribution is -2.17. The van der Waals surface area contributed by atoms with Gasteiger partial charge in [-0.2, -0.15) is 5.10 Å². The summed E-state index contributed by atoms with van der Waals surface area (Å²) in [6.07, 6.45) is 1.72. The molecule has 3 heterocycles. The molecule has 0 aliphatic heterocycles. The summed E-state index contributed by atoms with van der Waals surface area (Å²) in [7, 11) is 0. The smallest absolute Gasteiger partial charge is 0.342 e. The van der Waals surface area contributed by atoms with E-state index in [0.717, 1.165) is 11.1 Å². The van der Waals surface area contributed by atoms with Crippen molar-refractivity contribution in [1.29, 1.82) is 0 Å². The maximum atomic E-state index is 12.8. The fraction of sp³-hybridized carbons (Fsp3) is 0.217. The Bertz CT molecular complexity index is 1360. The summed E-state index contributed by atoms with van der Waals surface area (Å²) in [4.78, 5) is 29.5. The molecular weight excluding hydrogens is 416 g/mol. The van der Waals surface area contributed by atoms with Crippen molar-refractivity contribution in [1.82, 2.24) is 19.2 Å². The zero-order valence-corrected chi connectivity index (χ0v) is 18.2. The summed E-state index contributed by atoms with van der Waals surface area (Å²) in [5.41, 5.74) is 4.19. The van der Waals surface area contributed by atoms with Gasteiger partial charge in [0.2, 0.25) is 0 Å². The van der Waals surface area contributed by atoms with Gasteiger partial charge in [-0.15, -0.1) is 0 Å². The second kappa shape index (κ2) is 8.35. The van der Waals surface area contributed by atoms with Crippen LogP contribution in [-0.4, -0.2) is 25.1 Å². The Labute approximate surface area is 183 Å². The van der Waals surface area contributed by atoms with Crippen molar-refractivity contribution >= 4 is 23.2 Å². The minimum Gasteiger partial charge on any atom is -0.455 e. The largest absolute Gasteiger partial charge is 0.455 e. The van der Waals surface area contributed by atoms with Gasteiger partial charge in [-0.05, 0) is 44.0 Å². The van der Waals surface area contributed by atoms with E-state index in [1.54, 1.807) is 23.9 Å². The van der Waals surface area contributed by atoms with Gasteiger partial charge in [0.15, 0.2) is 0 Å². The zero-order chi connectivity index (χ0) is 22.1. The lowest BCUT2D eigenvalue weighted by Gasteiger charge is -2.08. The number of carbonyl (C=O) groups excluding carboxylic acids is 1. The molecule has 7 nitrogen and oxygen atoms in total. The van der Waals surface area contributed by atoms with Crippen molar-refractivity contribution in [2.75, 3.05) is 0 Å². The van der Waals surface area contributed by atoms with Crippen LogP contribution in [0, 0.1) is 20.8 Å². The molecule has 0 N–H and O–H groups in total. The van der Waals surface area contributed by atoms with Crippen molar-refractivity contribution in [3.63, 3.8) is 0 Å². The first kappa shape index (κ1) is 20.8. The number of ether oxygens (including phenoxy) is 1. The minimum absolute atomic E-state index is 0.104. The Kier molecular flexibility index (Phi) is 5.61. The van der Waals surface area contributed by atoms with Gasteiger partial charge in [-0.3, -0.25) is 13.9 Å². The average Bonchev–Trinajstić information content (AvgIpc) is 3.01. The number of rotatable bonds is 5. The summed E-state index contributed by atoms with van der Waals surface area (Å²) in [6, 6.07) is 12.5. The molecule has 4 aromatic rings. The van der Waals surface area contributed by atoms with Crippen LogP contribution in [0.5, 0.6) is 0 Å². The summed E-state index contributed by atoms with van der Waals surface area (Å²) in [5, 5.41) is 5.12. The van der Waals surface area contributed by atoms with Gasteiger partial charge in [0.05, 0.1) is 23.6 Å². The normalized spacial score (nSPS) is 11.1. The highest BCUT2D eigenvalue weighted by molar-refractivity contribution is 6.31. The SMILES string of the molecule is Cc1ccc2nc(COC(=O)c3c(C)nn(Cc4ccccc4Cl)c3C)cc(=O)n2c1. The highest BCUT2D eigenvalue weighted by atomic mass is 35.5. The zero-order valence-electron chi connectivity index (χ0n) is 17.4. The lowest BCUT2D eigenvalue weighted by molar-refractivity contribution is 0.0466. The topological polar surface area (TPSA) is 78.5 Å². The Morgan fingerprint density at radius 1 is 1.13 bits per heavy atom. The van der Waals surface area contributed by atoms with E-state index in [1.807, 2.05) is 44.2 Å². The Hall–Kier alpha value is -3.45. The van der Waals surface area contributed by atoms with Crippen molar-refractivity contribution < 1.29 is 9.53 Å². The molecule has 3 aromatic heterocycles. The number of aryl methyl sites for hydroxylation is 2. The highest BCUT2D eigenvalue weighted by Gasteiger charge is 2.21. The van der Waals surface area contributed by atoms with E-state index in [2.05, 4.69) is 10.1 Å². The number of benzene rings is 1. The second-order valence-corrected chi connectivity index (χ2v) is 7.80. The van der Waals surface area contributed by atoms with Gasteiger partial charge in [0.1, 0.15) is 17.8 Å². The van der Waals surface area contributed by atoms with Crippen LogP contribution in [-0.2, 0) is 17.9 Å². The Morgan fingerprint density at radius 2 is 1.90 bits per heavy atom. The van der Waals surface area contributed by atoms with Crippen LogP contribution in [0.15, 0.2) is 53.5 Å². The molecule has 0 aliphatic rings. The number of pyridine rings is 1. The van der Waals surface area contributed by atoms with E-state index in [0.29, 0.717) is 39.9 Å². The summed E-state index contributed by atoms with van der Waals surface area (Å²) >= 11 is 6.25. The third kappa shape index (κ3) is 4.22. The van der Waals surface area contributed by atoms with Crippen molar-refractivity contribution in [3.05, 3.63) is 97.8 Å². The van der Waals surface area contributed by atoms with Crippen LogP contribution in [0.1, 0.15) is 38.6 Å². The molecule has 0 radical (unpaired) electrons. The lowest BCUT2D eigenvalue weighted by atomic mass is 10.2. The predicted octanol–water partition coefficient (Wildman–Crippen LogP) is 3.87. The molecule has 1 aromatic carbocycles. The Morgan fingerprint density at radius 3 is 2.68 bits per heavy atom. The van der Waals surface area contributed by atoms with Gasteiger partial charge in [0, 0.05) is 17.3 Å². The van der Waals surface area contributed by atoms with Crippen LogP contribution < -0.4 is 5.56 Å². The van der Waals surface area contributed by atoms with E-state index in [-0.39, 0.29) is 12.2 Å². The maximum absolute atomic E-state index is 12.8. The van der Waals surface area contributed by atoms with Crippen molar-refractivity contribution in [2.24, 2.45) is 0 Å². The first-order valence-corrected chi connectivity index (χ1v) is 10.1. The van der Waals surface area contributed by atoms with E-state index in [1.165, 1.54) is 10.5 Å². The minimum atomic E-state index is -0.508. The van der Waals surface area contributed by atoms with E-state index >= 15 is 0 Å². The first-order chi connectivity index (χ1) is 14.8. The standard InChI is InChI=1S/C23H21ClN4O3/c1-14-8-9-20-25-18(10-21(29)27(20)11-14)13-31-23(30)22-15(2)26-28(16(22)3)12-17-6-4-5-7-19(17)24/h4-11H,12-13H2,1-3H3. The number of fused-ring (bicyclic) bond motifs is 1. The van der Waals surface area contributed by atoms with Crippen LogP contribution in [0.3, 0.4) is 0 Å². The van der Waals surface area contributed by atoms with Crippen LogP contribution in [0.2, 0.25) is 5.02 Å². The fourth-order valence-electron chi connectivity index (χ4n) is 3.48. The molecule has 8 heteroatoms. The van der Waals surface area contributed by atoms with E-state index in [4.69, 9.17) is 16.3 Å². The number of aromatic nitrogens is 4. The molecule has 0 aliphatic carbocycles. The molecule has 0 saturated carbocycles. The number of hydrogen-bond acceptors (Lipinski definition) is 5. The van der Waals surface area contributed by atoms with E-state index in [9.17, 15) is 9.59 Å². The molecule has 4 rings (SSSR count). The second-order valence-electron chi connectivity index (χ2n) is 7.39. The molecule has 31 heavy (non-hydrogen) atoms. The van der Waals surface area contributed by atoms with Gasteiger partial charge >= 0.3 is 5.97 Å². The molecule has 158 valence electrons. The van der Waals surface area contributed by atoms with Gasteiger partial charge < -0.3 is 4.74 Å². The number of esters is 1. The third-order valence-corrected chi connectivity index (χ3v) is 5.44. The molecule has 0 amide bonds. The molecule has 0 unspecified atom stereocenters. The molecule has 0 atom stereocenters. The molecular formula is C23H21ClN4O3. The van der Waals surface area contributed by atoms with Crippen LogP contribution in [0.25, 0.3) is 5.65 Å². The molecule has 0 fully saturated rings. The van der Waals surface area contributed by atoms with Crippen molar-refractivity contribution in [2.45, 2.75) is 33.9 Å². The monoisotopic (exact) mass is 436 g/mol. The van der Waals surface area contributed by atoms with Crippen molar-refractivity contribution in [3.8, 4) is 0 Å². The average molecular weight is 437 g/mol. The molecule has 0 spiro atoms. The van der Waals surface area contributed by atoms with Crippen LogP contribution >= 0.6 is 11.6 Å². The number of nitrogens with zero attached hydrogens (tertiary/aromatic N) is 4. The summed E-state index contributed by atoms with van der Waals surface area (Å²) < 4.78 is 8.66. The first-order valence-electron chi connectivity index (χ1n) is 9.77.